The van der Waals surface area contributed by atoms with Gasteiger partial charge in [0, 0.05) is 14.4 Å². The van der Waals surface area contributed by atoms with Crippen molar-refractivity contribution in [3.05, 3.63) is 68.6 Å². The van der Waals surface area contributed by atoms with Gasteiger partial charge in [-0.1, -0.05) is 56.1 Å². The van der Waals surface area contributed by atoms with Gasteiger partial charge >= 0.3 is 0 Å². The molecule has 6 rings (SSSR count). The van der Waals surface area contributed by atoms with Gasteiger partial charge in [-0.15, -0.1) is 0 Å². The van der Waals surface area contributed by atoms with Crippen molar-refractivity contribution >= 4 is 31.9 Å². The molecule has 3 atom stereocenters. The van der Waals surface area contributed by atoms with Crippen LogP contribution in [0.1, 0.15) is 49.1 Å². The first-order chi connectivity index (χ1) is 11.6. The first-order valence-electron chi connectivity index (χ1n) is 9.15. The average Bonchev–Trinajstić information content (AvgIpc) is 2.56. The Kier molecular flexibility index (Phi) is 3.72. The maximum Gasteiger partial charge on any atom is 0.0175 e. The minimum atomic E-state index is 0.364. The molecule has 4 bridgehead atoms. The Bertz CT molecular complexity index is 733. The van der Waals surface area contributed by atoms with Gasteiger partial charge in [0.25, 0.3) is 0 Å². The van der Waals surface area contributed by atoms with Crippen LogP contribution in [0.25, 0.3) is 0 Å². The highest BCUT2D eigenvalue weighted by Crippen LogP contribution is 2.66. The van der Waals surface area contributed by atoms with Crippen molar-refractivity contribution in [2.24, 2.45) is 17.8 Å². The van der Waals surface area contributed by atoms with Crippen LogP contribution in [0.5, 0.6) is 0 Å². The van der Waals surface area contributed by atoms with E-state index in [-0.39, 0.29) is 0 Å². The van der Waals surface area contributed by atoms with E-state index in [0.29, 0.717) is 11.3 Å². The Labute approximate surface area is 161 Å². The van der Waals surface area contributed by atoms with Crippen molar-refractivity contribution in [2.45, 2.75) is 43.4 Å². The van der Waals surface area contributed by atoms with E-state index in [9.17, 15) is 0 Å². The maximum atomic E-state index is 3.62. The average molecular weight is 446 g/mol. The summed E-state index contributed by atoms with van der Waals surface area (Å²) in [5.74, 6) is 3.48. The van der Waals surface area contributed by atoms with E-state index in [4.69, 9.17) is 0 Å². The van der Waals surface area contributed by atoms with Crippen molar-refractivity contribution in [3.63, 3.8) is 0 Å². The second kappa shape index (κ2) is 5.71. The largest absolute Gasteiger partial charge is 0.0576 e. The minimum Gasteiger partial charge on any atom is -0.0576 e. The zero-order valence-corrected chi connectivity index (χ0v) is 16.9. The lowest BCUT2D eigenvalue weighted by atomic mass is 9.42. The SMILES string of the molecule is Brc1ccc(C2C3CC4CC(C3)CC2(c2ccc(Br)cc2)C4)cc1. The number of rotatable bonds is 2. The van der Waals surface area contributed by atoms with Crippen molar-refractivity contribution in [3.8, 4) is 0 Å². The molecule has 0 saturated heterocycles. The third kappa shape index (κ3) is 2.36. The minimum absolute atomic E-state index is 0.364. The summed E-state index contributed by atoms with van der Waals surface area (Å²) in [5.41, 5.74) is 3.51. The maximum absolute atomic E-state index is 3.62. The predicted molar refractivity (Wildman–Crippen MR) is 106 cm³/mol. The van der Waals surface area contributed by atoms with Gasteiger partial charge in [-0.05, 0) is 91.2 Å². The molecule has 0 nitrogen and oxygen atoms in total. The molecule has 2 aromatic carbocycles. The molecule has 0 aliphatic heterocycles. The first kappa shape index (κ1) is 15.6. The van der Waals surface area contributed by atoms with Crippen LogP contribution in [0.2, 0.25) is 0 Å². The summed E-state index contributed by atoms with van der Waals surface area (Å²) in [7, 11) is 0. The van der Waals surface area contributed by atoms with Crippen molar-refractivity contribution < 1.29 is 0 Å². The van der Waals surface area contributed by atoms with Gasteiger partial charge in [0.1, 0.15) is 0 Å². The molecular formula is C22H22Br2. The Morgan fingerprint density at radius 3 is 1.83 bits per heavy atom. The van der Waals surface area contributed by atoms with Crippen molar-refractivity contribution in [1.29, 1.82) is 0 Å². The van der Waals surface area contributed by atoms with E-state index < -0.39 is 0 Å². The van der Waals surface area contributed by atoms with Crippen LogP contribution in [0.15, 0.2) is 57.5 Å². The molecule has 4 aliphatic carbocycles. The van der Waals surface area contributed by atoms with Crippen LogP contribution in [-0.2, 0) is 5.41 Å². The lowest BCUT2D eigenvalue weighted by Crippen LogP contribution is -2.53. The zero-order chi connectivity index (χ0) is 16.3. The van der Waals surface area contributed by atoms with E-state index in [2.05, 4.69) is 80.4 Å². The molecule has 2 aromatic rings. The summed E-state index contributed by atoms with van der Waals surface area (Å²) >= 11 is 7.23. The second-order valence-electron chi connectivity index (χ2n) is 8.30. The van der Waals surface area contributed by atoms with Crippen LogP contribution >= 0.6 is 31.9 Å². The topological polar surface area (TPSA) is 0 Å². The Balaban J connectivity index is 1.65. The number of hydrogen-bond donors (Lipinski definition) is 0. The van der Waals surface area contributed by atoms with Crippen LogP contribution in [0.4, 0.5) is 0 Å². The fourth-order valence-corrected chi connectivity index (χ4v) is 7.03. The summed E-state index contributed by atoms with van der Waals surface area (Å²) in [6.07, 6.45) is 7.18. The van der Waals surface area contributed by atoms with Crippen LogP contribution in [0, 0.1) is 17.8 Å². The van der Waals surface area contributed by atoms with Crippen molar-refractivity contribution in [2.75, 3.05) is 0 Å². The molecule has 0 N–H and O–H groups in total. The Hall–Kier alpha value is -0.600. The summed E-state index contributed by atoms with van der Waals surface area (Å²) < 4.78 is 2.38. The van der Waals surface area contributed by atoms with Crippen LogP contribution in [-0.4, -0.2) is 0 Å². The smallest absolute Gasteiger partial charge is 0.0175 e. The van der Waals surface area contributed by atoms with E-state index in [1.165, 1.54) is 41.0 Å². The van der Waals surface area contributed by atoms with E-state index in [1.807, 2.05) is 0 Å². The van der Waals surface area contributed by atoms with Gasteiger partial charge in [0.2, 0.25) is 0 Å². The molecule has 4 saturated carbocycles. The fourth-order valence-electron chi connectivity index (χ4n) is 6.50. The quantitative estimate of drug-likeness (QED) is 0.463. The standard InChI is InChI=1S/C22H22Br2/c23-19-5-1-16(2-6-19)21-17-10-14-9-15(11-17)13-22(21,12-14)18-3-7-20(24)8-4-18/h1-8,14-15,17,21H,9-13H2. The molecule has 0 radical (unpaired) electrons. The third-order valence-corrected chi connectivity index (χ3v) is 8.02. The second-order valence-corrected chi connectivity index (χ2v) is 10.1. The highest BCUT2D eigenvalue weighted by Gasteiger charge is 2.57. The van der Waals surface area contributed by atoms with Crippen LogP contribution < -0.4 is 0 Å². The molecule has 0 heterocycles. The van der Waals surface area contributed by atoms with E-state index >= 15 is 0 Å². The molecule has 24 heavy (non-hydrogen) atoms. The molecule has 0 amide bonds. The number of hydrogen-bond acceptors (Lipinski definition) is 0. The van der Waals surface area contributed by atoms with Gasteiger partial charge in [-0.25, -0.2) is 0 Å². The molecule has 4 aliphatic rings. The molecule has 0 aromatic heterocycles. The Morgan fingerprint density at radius 1 is 0.708 bits per heavy atom. The normalized spacial score (nSPS) is 36.9. The number of benzene rings is 2. The summed E-state index contributed by atoms with van der Waals surface area (Å²) in [6, 6.07) is 18.5. The fraction of sp³-hybridized carbons (Fsp3) is 0.455. The van der Waals surface area contributed by atoms with Gasteiger partial charge in [0.15, 0.2) is 0 Å². The third-order valence-electron chi connectivity index (χ3n) is 6.96. The monoisotopic (exact) mass is 444 g/mol. The van der Waals surface area contributed by atoms with Gasteiger partial charge in [-0.2, -0.15) is 0 Å². The van der Waals surface area contributed by atoms with Crippen molar-refractivity contribution in [1.82, 2.24) is 0 Å². The molecular weight excluding hydrogens is 424 g/mol. The van der Waals surface area contributed by atoms with E-state index in [0.717, 1.165) is 17.8 Å². The zero-order valence-electron chi connectivity index (χ0n) is 13.7. The molecule has 3 unspecified atom stereocenters. The summed E-state index contributed by atoms with van der Waals surface area (Å²) in [6.45, 7) is 0. The molecule has 0 spiro atoms. The number of halogens is 2. The highest BCUT2D eigenvalue weighted by atomic mass is 79.9. The van der Waals surface area contributed by atoms with Gasteiger partial charge in [-0.3, -0.25) is 0 Å². The lowest BCUT2D eigenvalue weighted by Gasteiger charge is -2.62. The van der Waals surface area contributed by atoms with E-state index in [1.54, 1.807) is 11.1 Å². The van der Waals surface area contributed by atoms with Crippen LogP contribution in [0.3, 0.4) is 0 Å². The lowest BCUT2D eigenvalue weighted by molar-refractivity contribution is -0.0280. The molecule has 2 heteroatoms. The Morgan fingerprint density at radius 2 is 1.25 bits per heavy atom. The van der Waals surface area contributed by atoms with Gasteiger partial charge in [0.05, 0.1) is 0 Å². The predicted octanol–water partition coefficient (Wildman–Crippen LogP) is 7.07. The molecule has 4 fully saturated rings. The summed E-state index contributed by atoms with van der Waals surface area (Å²) in [4.78, 5) is 0. The first-order valence-corrected chi connectivity index (χ1v) is 10.7. The molecule has 124 valence electrons. The summed E-state index contributed by atoms with van der Waals surface area (Å²) in [5, 5.41) is 0. The van der Waals surface area contributed by atoms with Gasteiger partial charge < -0.3 is 0 Å². The highest BCUT2D eigenvalue weighted by molar-refractivity contribution is 9.10.